The van der Waals surface area contributed by atoms with E-state index in [0.29, 0.717) is 22.7 Å². The summed E-state index contributed by atoms with van der Waals surface area (Å²) in [4.78, 5) is 12.0. The number of ether oxygens (including phenoxy) is 1. The van der Waals surface area contributed by atoms with Crippen molar-refractivity contribution in [3.05, 3.63) is 60.2 Å². The smallest absolute Gasteiger partial charge is 0.248 e. The van der Waals surface area contributed by atoms with Crippen molar-refractivity contribution in [3.63, 3.8) is 0 Å². The molecule has 2 atom stereocenters. The Morgan fingerprint density at radius 1 is 1.28 bits per heavy atom. The molecule has 1 amide bonds. The molecule has 2 aromatic carbocycles. The lowest BCUT2D eigenvalue weighted by atomic mass is 9.96. The summed E-state index contributed by atoms with van der Waals surface area (Å²) >= 11 is 0. The first-order valence-electron chi connectivity index (χ1n) is 7.81. The van der Waals surface area contributed by atoms with E-state index in [0.717, 1.165) is 0 Å². The van der Waals surface area contributed by atoms with Gasteiger partial charge in [-0.05, 0) is 35.9 Å². The largest absolute Gasteiger partial charge is 0.504 e. The molecule has 0 aliphatic rings. The first kappa shape index (κ1) is 18.4. The maximum absolute atomic E-state index is 12.0. The van der Waals surface area contributed by atoms with Gasteiger partial charge in [-0.15, -0.1) is 0 Å². The number of nitrogen functional groups attached to an aromatic ring is 1. The number of aromatic hydroxyl groups is 1. The highest BCUT2D eigenvalue weighted by molar-refractivity contribution is 6.01. The second kappa shape index (κ2) is 8.21. The molecule has 0 saturated heterocycles. The Morgan fingerprint density at radius 2 is 2.00 bits per heavy atom. The average Bonchev–Trinajstić information content (AvgIpc) is 2.61. The Morgan fingerprint density at radius 3 is 2.64 bits per heavy atom. The van der Waals surface area contributed by atoms with Crippen LogP contribution in [0, 0.1) is 5.92 Å². The summed E-state index contributed by atoms with van der Waals surface area (Å²) in [6.45, 7) is 1.77. The van der Waals surface area contributed by atoms with Crippen molar-refractivity contribution in [1.82, 2.24) is 0 Å². The number of amides is 1. The molecule has 0 bridgehead atoms. The van der Waals surface area contributed by atoms with Gasteiger partial charge < -0.3 is 26.0 Å². The maximum Gasteiger partial charge on any atom is 0.248 e. The number of aliphatic hydroxyl groups is 1. The molecule has 6 heteroatoms. The van der Waals surface area contributed by atoms with E-state index in [2.05, 4.69) is 5.32 Å². The minimum absolute atomic E-state index is 0.0486. The van der Waals surface area contributed by atoms with Gasteiger partial charge in [0.1, 0.15) is 0 Å². The molecule has 0 unspecified atom stereocenters. The maximum atomic E-state index is 12.0. The first-order valence-corrected chi connectivity index (χ1v) is 7.81. The third kappa shape index (κ3) is 4.74. The lowest BCUT2D eigenvalue weighted by molar-refractivity contribution is -0.111. The highest BCUT2D eigenvalue weighted by Crippen LogP contribution is 2.31. The second-order valence-corrected chi connectivity index (χ2v) is 5.67. The van der Waals surface area contributed by atoms with Crippen LogP contribution in [-0.4, -0.2) is 23.2 Å². The molecule has 0 aliphatic carbocycles. The van der Waals surface area contributed by atoms with E-state index < -0.39 is 6.10 Å². The van der Waals surface area contributed by atoms with E-state index in [4.69, 9.17) is 10.5 Å². The van der Waals surface area contributed by atoms with Gasteiger partial charge in [0.05, 0.1) is 24.6 Å². The SMILES string of the molecule is COc1ccc([C@@H](O)[C@@H](C)/C=C/C(=O)Nc2ccccc2N)cc1O. The summed E-state index contributed by atoms with van der Waals surface area (Å²) in [5.41, 5.74) is 7.32. The fourth-order valence-corrected chi connectivity index (χ4v) is 2.32. The Balaban J connectivity index is 2.01. The number of hydrogen-bond donors (Lipinski definition) is 4. The fraction of sp³-hybridized carbons (Fsp3) is 0.211. The van der Waals surface area contributed by atoms with E-state index in [9.17, 15) is 15.0 Å². The molecule has 25 heavy (non-hydrogen) atoms. The molecule has 0 radical (unpaired) electrons. The van der Waals surface area contributed by atoms with Crippen LogP contribution in [0.15, 0.2) is 54.6 Å². The minimum Gasteiger partial charge on any atom is -0.504 e. The predicted octanol–water partition coefficient (Wildman–Crippen LogP) is 2.85. The molecule has 2 rings (SSSR count). The second-order valence-electron chi connectivity index (χ2n) is 5.67. The van der Waals surface area contributed by atoms with E-state index in [-0.39, 0.29) is 17.6 Å². The molecule has 0 fully saturated rings. The normalized spacial score (nSPS) is 13.4. The molecular formula is C19H22N2O4. The van der Waals surface area contributed by atoms with Crippen molar-refractivity contribution in [1.29, 1.82) is 0 Å². The molecule has 2 aromatic rings. The van der Waals surface area contributed by atoms with Gasteiger partial charge in [-0.2, -0.15) is 0 Å². The van der Waals surface area contributed by atoms with Gasteiger partial charge in [0.25, 0.3) is 0 Å². The van der Waals surface area contributed by atoms with Crippen molar-refractivity contribution in [3.8, 4) is 11.5 Å². The van der Waals surface area contributed by atoms with Gasteiger partial charge in [0.15, 0.2) is 11.5 Å². The molecule has 0 aromatic heterocycles. The van der Waals surface area contributed by atoms with Gasteiger partial charge in [-0.1, -0.05) is 31.2 Å². The highest BCUT2D eigenvalue weighted by atomic mass is 16.5. The van der Waals surface area contributed by atoms with Crippen LogP contribution in [0.25, 0.3) is 0 Å². The molecule has 0 heterocycles. The van der Waals surface area contributed by atoms with E-state index >= 15 is 0 Å². The third-order valence-corrected chi connectivity index (χ3v) is 3.81. The van der Waals surface area contributed by atoms with Crippen LogP contribution in [0.1, 0.15) is 18.6 Å². The van der Waals surface area contributed by atoms with Crippen molar-refractivity contribution in [2.75, 3.05) is 18.2 Å². The molecule has 0 aliphatic heterocycles. The number of rotatable bonds is 6. The van der Waals surface area contributed by atoms with Gasteiger partial charge in [-0.25, -0.2) is 0 Å². The topological polar surface area (TPSA) is 105 Å². The number of aliphatic hydroxyl groups excluding tert-OH is 1. The Labute approximate surface area is 146 Å². The van der Waals surface area contributed by atoms with Crippen LogP contribution in [0.3, 0.4) is 0 Å². The number of para-hydroxylation sites is 2. The number of methoxy groups -OCH3 is 1. The fourth-order valence-electron chi connectivity index (χ4n) is 2.32. The quantitative estimate of drug-likeness (QED) is 0.477. The first-order chi connectivity index (χ1) is 11.9. The number of nitrogens with one attached hydrogen (secondary N) is 1. The van der Waals surface area contributed by atoms with Crippen molar-refractivity contribution in [2.45, 2.75) is 13.0 Å². The van der Waals surface area contributed by atoms with Crippen LogP contribution in [0.4, 0.5) is 11.4 Å². The summed E-state index contributed by atoms with van der Waals surface area (Å²) in [5, 5.41) is 22.8. The summed E-state index contributed by atoms with van der Waals surface area (Å²) in [6.07, 6.45) is 2.08. The number of nitrogens with two attached hydrogens (primary N) is 1. The summed E-state index contributed by atoms with van der Waals surface area (Å²) in [7, 11) is 1.45. The molecule has 6 nitrogen and oxygen atoms in total. The molecule has 0 saturated carbocycles. The van der Waals surface area contributed by atoms with Gasteiger partial charge >= 0.3 is 0 Å². The Kier molecular flexibility index (Phi) is 6.03. The van der Waals surface area contributed by atoms with Gasteiger partial charge in [0.2, 0.25) is 5.91 Å². The van der Waals surface area contributed by atoms with Crippen molar-refractivity contribution < 1.29 is 19.7 Å². The number of phenols is 1. The highest BCUT2D eigenvalue weighted by Gasteiger charge is 2.16. The molecule has 5 N–H and O–H groups in total. The number of benzene rings is 2. The number of carbonyl (C=O) groups is 1. The number of hydrogen-bond acceptors (Lipinski definition) is 5. The average molecular weight is 342 g/mol. The zero-order valence-electron chi connectivity index (χ0n) is 14.1. The summed E-state index contributed by atoms with van der Waals surface area (Å²) in [5.74, 6) is -0.396. The lowest BCUT2D eigenvalue weighted by Crippen LogP contribution is -2.12. The van der Waals surface area contributed by atoms with Crippen LogP contribution >= 0.6 is 0 Å². The van der Waals surface area contributed by atoms with E-state index in [1.165, 1.54) is 19.3 Å². The predicted molar refractivity (Wildman–Crippen MR) is 97.4 cm³/mol. The number of carbonyl (C=O) groups excluding carboxylic acids is 1. The Bertz CT molecular complexity index is 774. The van der Waals surface area contributed by atoms with Crippen molar-refractivity contribution >= 4 is 17.3 Å². The minimum atomic E-state index is -0.873. The number of phenolic OH excluding ortho intramolecular Hbond substituents is 1. The van der Waals surface area contributed by atoms with Crippen LogP contribution in [-0.2, 0) is 4.79 Å². The monoisotopic (exact) mass is 342 g/mol. The molecule has 0 spiro atoms. The number of anilines is 2. The zero-order valence-corrected chi connectivity index (χ0v) is 14.1. The van der Waals surface area contributed by atoms with Crippen LogP contribution in [0.2, 0.25) is 0 Å². The van der Waals surface area contributed by atoms with Gasteiger partial charge in [0, 0.05) is 5.92 Å². The van der Waals surface area contributed by atoms with E-state index in [1.807, 2.05) is 0 Å². The molecule has 132 valence electrons. The summed E-state index contributed by atoms with van der Waals surface area (Å²) in [6, 6.07) is 11.6. The van der Waals surface area contributed by atoms with Crippen molar-refractivity contribution in [2.24, 2.45) is 5.92 Å². The van der Waals surface area contributed by atoms with Gasteiger partial charge in [-0.3, -0.25) is 4.79 Å². The standard InChI is InChI=1S/C19H22N2O4/c1-12(19(24)13-8-9-17(25-2)16(22)11-13)7-10-18(23)21-15-6-4-3-5-14(15)20/h3-12,19,22,24H,20H2,1-2H3,(H,21,23)/b10-7+/t12-,19-/m0/s1. The third-order valence-electron chi connectivity index (χ3n) is 3.81. The Hall–Kier alpha value is -2.99. The molecular weight excluding hydrogens is 320 g/mol. The van der Waals surface area contributed by atoms with Crippen LogP contribution in [0.5, 0.6) is 11.5 Å². The van der Waals surface area contributed by atoms with Crippen LogP contribution < -0.4 is 15.8 Å². The van der Waals surface area contributed by atoms with E-state index in [1.54, 1.807) is 49.4 Å². The zero-order chi connectivity index (χ0) is 18.4. The lowest BCUT2D eigenvalue weighted by Gasteiger charge is -2.17. The summed E-state index contributed by atoms with van der Waals surface area (Å²) < 4.78 is 4.98.